The number of alkyl halides is 16. The molecule has 16 heteroatoms. The Morgan fingerprint density at radius 3 is 1.16 bits per heavy atom. The maximum atomic E-state index is 13.6. The van der Waals surface area contributed by atoms with Crippen molar-refractivity contribution in [2.75, 3.05) is 0 Å². The summed E-state index contributed by atoms with van der Waals surface area (Å²) in [4.78, 5) is 0. The average molecular weight is 510 g/mol. The van der Waals surface area contributed by atoms with E-state index in [2.05, 4.69) is 6.58 Å². The van der Waals surface area contributed by atoms with Gasteiger partial charge in [0.1, 0.15) is 0 Å². The Morgan fingerprint density at radius 1 is 0.531 bits per heavy atom. The fraction of sp³-hybridized carbons (Fsp3) is 0.750. The molecule has 0 aliphatic heterocycles. The zero-order chi connectivity index (χ0) is 26.2. The minimum Gasteiger partial charge on any atom is -0.200 e. The highest BCUT2D eigenvalue weighted by atomic mass is 19.4. The lowest BCUT2D eigenvalue weighted by Crippen LogP contribution is -2.74. The Labute approximate surface area is 169 Å². The molecule has 0 atom stereocenters. The lowest BCUT2D eigenvalue weighted by Gasteiger charge is -2.43. The fourth-order valence-corrected chi connectivity index (χ4v) is 2.08. The molecule has 0 aliphatic rings. The van der Waals surface area contributed by atoms with Gasteiger partial charge < -0.3 is 0 Å². The molecule has 0 heterocycles. The van der Waals surface area contributed by atoms with Crippen LogP contribution in [0.2, 0.25) is 0 Å². The van der Waals surface area contributed by atoms with E-state index >= 15 is 0 Å². The third-order valence-corrected chi connectivity index (χ3v) is 4.16. The monoisotopic (exact) mass is 510 g/mol. The lowest BCUT2D eigenvalue weighted by molar-refractivity contribution is -0.453. The highest BCUT2D eigenvalue weighted by molar-refractivity contribution is 5.16. The molecule has 0 aromatic heterocycles. The molecule has 0 amide bonds. The fourth-order valence-electron chi connectivity index (χ4n) is 2.08. The maximum Gasteiger partial charge on any atom is 0.384 e. The van der Waals surface area contributed by atoms with E-state index in [0.717, 1.165) is 6.92 Å². The van der Waals surface area contributed by atoms with Gasteiger partial charge in [-0.1, -0.05) is 18.2 Å². The van der Waals surface area contributed by atoms with E-state index in [-0.39, 0.29) is 6.08 Å². The first-order valence-corrected chi connectivity index (χ1v) is 8.12. The first-order valence-electron chi connectivity index (χ1n) is 8.12. The quantitative estimate of drug-likeness (QED) is 0.184. The van der Waals surface area contributed by atoms with Crippen LogP contribution in [0.1, 0.15) is 26.2 Å². The lowest BCUT2D eigenvalue weighted by atomic mass is 9.86. The molecular formula is C16H14F16. The standard InChI is InChI=1S/C16H14F16/c1-3-5-7-9(17,18)11(21,22)13(25,26)15(29,30)16(31,32)14(27,28)12(23,24)10(19,20)8-6-4-2/h3-4,6H,1,5,7-8H2,2H3. The third-order valence-electron chi connectivity index (χ3n) is 4.16. The SMILES string of the molecule is C=CCCC(F)(F)C(F)(F)C(F)(F)C(F)(F)C(F)(F)C(F)(F)C(F)(F)C(F)(F)CC=CC. The van der Waals surface area contributed by atoms with E-state index < -0.39 is 66.6 Å². The van der Waals surface area contributed by atoms with Gasteiger partial charge in [0, 0.05) is 12.8 Å². The van der Waals surface area contributed by atoms with Crippen LogP contribution in [0.15, 0.2) is 24.8 Å². The molecule has 0 fully saturated rings. The molecule has 0 unspecified atom stereocenters. The highest BCUT2D eigenvalue weighted by Gasteiger charge is 2.94. The smallest absolute Gasteiger partial charge is 0.200 e. The minimum absolute atomic E-state index is 0.0107. The Morgan fingerprint density at radius 2 is 0.844 bits per heavy atom. The minimum atomic E-state index is -8.37. The predicted molar refractivity (Wildman–Crippen MR) is 78.4 cm³/mol. The molecule has 0 spiro atoms. The van der Waals surface area contributed by atoms with Gasteiger partial charge in [-0.15, -0.1) is 6.58 Å². The topological polar surface area (TPSA) is 0 Å². The van der Waals surface area contributed by atoms with Crippen molar-refractivity contribution < 1.29 is 70.2 Å². The summed E-state index contributed by atoms with van der Waals surface area (Å²) < 4.78 is 216. The van der Waals surface area contributed by atoms with Crippen LogP contribution in [0.4, 0.5) is 70.2 Å². The van der Waals surface area contributed by atoms with Crippen molar-refractivity contribution in [3.05, 3.63) is 24.8 Å². The summed E-state index contributed by atoms with van der Waals surface area (Å²) in [6.07, 6.45) is -5.31. The average Bonchev–Trinajstić information content (AvgIpc) is 2.63. The van der Waals surface area contributed by atoms with E-state index in [1.165, 1.54) is 0 Å². The first-order chi connectivity index (χ1) is 13.9. The van der Waals surface area contributed by atoms with Gasteiger partial charge in [0.2, 0.25) is 0 Å². The second-order valence-electron chi connectivity index (χ2n) is 6.46. The van der Waals surface area contributed by atoms with E-state index in [1.54, 1.807) is 0 Å². The molecular weight excluding hydrogens is 496 g/mol. The third kappa shape index (κ3) is 4.17. The van der Waals surface area contributed by atoms with Crippen LogP contribution in [0.25, 0.3) is 0 Å². The Balaban J connectivity index is 6.67. The molecule has 0 saturated carbocycles. The van der Waals surface area contributed by atoms with Crippen molar-refractivity contribution >= 4 is 0 Å². The molecule has 190 valence electrons. The number of rotatable bonds is 12. The molecule has 0 rings (SSSR count). The zero-order valence-electron chi connectivity index (χ0n) is 15.6. The van der Waals surface area contributed by atoms with Crippen LogP contribution in [0, 0.1) is 0 Å². The molecule has 32 heavy (non-hydrogen) atoms. The second kappa shape index (κ2) is 8.61. The van der Waals surface area contributed by atoms with Crippen LogP contribution >= 0.6 is 0 Å². The van der Waals surface area contributed by atoms with Crippen molar-refractivity contribution in [1.82, 2.24) is 0 Å². The van der Waals surface area contributed by atoms with E-state index in [4.69, 9.17) is 0 Å². The Hall–Kier alpha value is -1.64. The predicted octanol–water partition coefficient (Wildman–Crippen LogP) is 8.00. The van der Waals surface area contributed by atoms with E-state index in [1.807, 2.05) is 0 Å². The van der Waals surface area contributed by atoms with Crippen molar-refractivity contribution in [1.29, 1.82) is 0 Å². The Kier molecular flexibility index (Phi) is 8.17. The summed E-state index contributed by atoms with van der Waals surface area (Å²) in [7, 11) is 0. The second-order valence-corrected chi connectivity index (χ2v) is 6.46. The van der Waals surface area contributed by atoms with E-state index in [0.29, 0.717) is 12.2 Å². The summed E-state index contributed by atoms with van der Waals surface area (Å²) in [5.74, 6) is -60.6. The molecule has 0 N–H and O–H groups in total. The van der Waals surface area contributed by atoms with Gasteiger partial charge in [-0.3, -0.25) is 0 Å². The van der Waals surface area contributed by atoms with Gasteiger partial charge in [-0.2, -0.15) is 70.2 Å². The van der Waals surface area contributed by atoms with Crippen LogP contribution in [0.3, 0.4) is 0 Å². The molecule has 0 aromatic carbocycles. The molecule has 0 radical (unpaired) electrons. The highest BCUT2D eigenvalue weighted by Crippen LogP contribution is 2.64. The molecule has 0 bridgehead atoms. The summed E-state index contributed by atoms with van der Waals surface area (Å²) in [6, 6.07) is 0. The van der Waals surface area contributed by atoms with Crippen LogP contribution in [0.5, 0.6) is 0 Å². The number of allylic oxidation sites excluding steroid dienone is 3. The summed E-state index contributed by atoms with van der Waals surface area (Å²) in [5, 5.41) is 0. The molecule has 0 saturated heterocycles. The maximum absolute atomic E-state index is 13.6. The summed E-state index contributed by atoms with van der Waals surface area (Å²) in [5.41, 5.74) is 0. The molecule has 0 aromatic rings. The largest absolute Gasteiger partial charge is 0.384 e. The van der Waals surface area contributed by atoms with Gasteiger partial charge >= 0.3 is 47.4 Å². The van der Waals surface area contributed by atoms with Gasteiger partial charge in [-0.25, -0.2) is 0 Å². The summed E-state index contributed by atoms with van der Waals surface area (Å²) >= 11 is 0. The first kappa shape index (κ1) is 30.4. The number of hydrogen-bond donors (Lipinski definition) is 0. The van der Waals surface area contributed by atoms with Crippen LogP contribution < -0.4 is 0 Å². The van der Waals surface area contributed by atoms with Crippen LogP contribution in [-0.4, -0.2) is 47.4 Å². The molecule has 0 nitrogen and oxygen atoms in total. The van der Waals surface area contributed by atoms with Gasteiger partial charge in [0.05, 0.1) is 0 Å². The van der Waals surface area contributed by atoms with Gasteiger partial charge in [0.25, 0.3) is 0 Å². The normalized spacial score (nSPS) is 16.0. The van der Waals surface area contributed by atoms with Crippen molar-refractivity contribution in [2.24, 2.45) is 0 Å². The van der Waals surface area contributed by atoms with Crippen molar-refractivity contribution in [2.45, 2.75) is 73.6 Å². The zero-order valence-corrected chi connectivity index (χ0v) is 15.6. The number of halogens is 16. The molecule has 0 aliphatic carbocycles. The summed E-state index contributed by atoms with van der Waals surface area (Å²) in [6.45, 7) is 3.56. The number of hydrogen-bond acceptors (Lipinski definition) is 0. The van der Waals surface area contributed by atoms with Crippen molar-refractivity contribution in [3.63, 3.8) is 0 Å². The van der Waals surface area contributed by atoms with Crippen LogP contribution in [-0.2, 0) is 0 Å². The van der Waals surface area contributed by atoms with Gasteiger partial charge in [-0.05, 0) is 13.3 Å². The Bertz CT molecular complexity index is 688. The van der Waals surface area contributed by atoms with Crippen molar-refractivity contribution in [3.8, 4) is 0 Å². The van der Waals surface area contributed by atoms with Gasteiger partial charge in [0.15, 0.2) is 0 Å². The van der Waals surface area contributed by atoms with E-state index in [9.17, 15) is 70.2 Å².